The van der Waals surface area contributed by atoms with Crippen LogP contribution in [0.25, 0.3) is 0 Å². The lowest BCUT2D eigenvalue weighted by Gasteiger charge is -2.22. The number of esters is 1. The zero-order valence-electron chi connectivity index (χ0n) is 36.0. The van der Waals surface area contributed by atoms with Gasteiger partial charge in [0.15, 0.2) is 0 Å². The highest BCUT2D eigenvalue weighted by Gasteiger charge is 2.20. The Kier molecular flexibility index (Phi) is 42.7. The summed E-state index contributed by atoms with van der Waals surface area (Å²) in [4.78, 5) is 24.4. The number of hydrogen-bond donors (Lipinski definition) is 3. The van der Waals surface area contributed by atoms with E-state index in [1.165, 1.54) is 154 Å². The summed E-state index contributed by atoms with van der Waals surface area (Å²) < 4.78 is 5.44. The minimum Gasteiger partial charge on any atom is -0.466 e. The third-order valence-electron chi connectivity index (χ3n) is 10.7. The van der Waals surface area contributed by atoms with Gasteiger partial charge in [0.2, 0.25) is 5.91 Å². The van der Waals surface area contributed by atoms with Crippen molar-refractivity contribution in [1.82, 2.24) is 5.32 Å². The number of carbonyl (C=O) groups excluding carboxylic acids is 2. The first-order valence-electron chi connectivity index (χ1n) is 23.6. The van der Waals surface area contributed by atoms with Gasteiger partial charge in [0.1, 0.15) is 0 Å². The molecule has 0 saturated carbocycles. The van der Waals surface area contributed by atoms with E-state index in [0.29, 0.717) is 25.9 Å². The van der Waals surface area contributed by atoms with Gasteiger partial charge < -0.3 is 20.3 Å². The molecule has 0 aromatic rings. The van der Waals surface area contributed by atoms with Crippen LogP contribution in [-0.4, -0.2) is 47.4 Å². The predicted octanol–water partition coefficient (Wildman–Crippen LogP) is 13.6. The summed E-state index contributed by atoms with van der Waals surface area (Å²) in [5.41, 5.74) is 0. The average Bonchev–Trinajstić information content (AvgIpc) is 3.17. The van der Waals surface area contributed by atoms with Crippen molar-refractivity contribution in [1.29, 1.82) is 0 Å². The first-order chi connectivity index (χ1) is 26.5. The topological polar surface area (TPSA) is 95.9 Å². The van der Waals surface area contributed by atoms with Gasteiger partial charge in [-0.25, -0.2) is 0 Å². The Morgan fingerprint density at radius 3 is 1.48 bits per heavy atom. The van der Waals surface area contributed by atoms with Crippen molar-refractivity contribution in [2.75, 3.05) is 13.2 Å². The fourth-order valence-electron chi connectivity index (χ4n) is 7.09. The van der Waals surface area contributed by atoms with E-state index in [9.17, 15) is 19.8 Å². The Hall–Kier alpha value is -1.66. The van der Waals surface area contributed by atoms with Crippen molar-refractivity contribution in [2.45, 2.75) is 257 Å². The molecule has 0 aromatic heterocycles. The second-order valence-corrected chi connectivity index (χ2v) is 16.1. The standard InChI is InChI=1S/C48H91NO5/c1-3-5-7-9-11-13-15-18-22-26-30-34-38-42-48(53)54-43-39-35-31-27-23-20-17-16-19-21-25-29-33-37-41-47(52)49-45(44-50)46(51)40-36-32-28-24-14-12-10-8-6-4-2/h7,9,13,15,45-46,50-51H,3-6,8,10-12,14,16-44H2,1-2H3,(H,49,52)/b9-7-,15-13-. The third-order valence-corrected chi connectivity index (χ3v) is 10.7. The van der Waals surface area contributed by atoms with Crippen LogP contribution in [0.5, 0.6) is 0 Å². The summed E-state index contributed by atoms with van der Waals surface area (Å²) in [6.45, 7) is 4.83. The van der Waals surface area contributed by atoms with E-state index in [4.69, 9.17) is 4.74 Å². The lowest BCUT2D eigenvalue weighted by atomic mass is 10.0. The van der Waals surface area contributed by atoms with Gasteiger partial charge in [0.25, 0.3) is 0 Å². The molecule has 0 rings (SSSR count). The molecular weight excluding hydrogens is 671 g/mol. The van der Waals surface area contributed by atoms with E-state index in [2.05, 4.69) is 43.5 Å². The minimum absolute atomic E-state index is 0.0182. The summed E-state index contributed by atoms with van der Waals surface area (Å²) in [6.07, 6.45) is 49.9. The van der Waals surface area contributed by atoms with E-state index in [1.807, 2.05) is 0 Å². The number of amides is 1. The lowest BCUT2D eigenvalue weighted by molar-refractivity contribution is -0.143. The highest BCUT2D eigenvalue weighted by atomic mass is 16.5. The molecule has 2 unspecified atom stereocenters. The maximum absolute atomic E-state index is 12.4. The molecule has 0 aliphatic carbocycles. The van der Waals surface area contributed by atoms with Crippen LogP contribution in [0.3, 0.4) is 0 Å². The van der Waals surface area contributed by atoms with E-state index < -0.39 is 12.1 Å². The molecule has 0 fully saturated rings. The van der Waals surface area contributed by atoms with Crippen LogP contribution in [0.15, 0.2) is 24.3 Å². The molecule has 0 aromatic carbocycles. The van der Waals surface area contributed by atoms with Crippen LogP contribution in [0.1, 0.15) is 245 Å². The number of aliphatic hydroxyl groups is 2. The van der Waals surface area contributed by atoms with Gasteiger partial charge in [0.05, 0.1) is 25.4 Å². The summed E-state index contributed by atoms with van der Waals surface area (Å²) in [7, 11) is 0. The lowest BCUT2D eigenvalue weighted by Crippen LogP contribution is -2.45. The van der Waals surface area contributed by atoms with Crippen LogP contribution in [0.2, 0.25) is 0 Å². The molecule has 0 heterocycles. The normalized spacial score (nSPS) is 12.9. The number of nitrogens with one attached hydrogen (secondary N) is 1. The largest absolute Gasteiger partial charge is 0.466 e. The van der Waals surface area contributed by atoms with Gasteiger partial charge in [-0.05, 0) is 51.4 Å². The zero-order valence-corrected chi connectivity index (χ0v) is 36.0. The fourth-order valence-corrected chi connectivity index (χ4v) is 7.09. The van der Waals surface area contributed by atoms with Crippen molar-refractivity contribution in [2.24, 2.45) is 0 Å². The average molecular weight is 762 g/mol. The smallest absolute Gasteiger partial charge is 0.305 e. The van der Waals surface area contributed by atoms with Crippen LogP contribution in [0, 0.1) is 0 Å². The van der Waals surface area contributed by atoms with Crippen molar-refractivity contribution < 1.29 is 24.5 Å². The van der Waals surface area contributed by atoms with Crippen LogP contribution >= 0.6 is 0 Å². The number of unbranched alkanes of at least 4 members (excludes halogenated alkanes) is 28. The van der Waals surface area contributed by atoms with E-state index in [-0.39, 0.29) is 18.5 Å². The van der Waals surface area contributed by atoms with Crippen LogP contribution < -0.4 is 5.32 Å². The maximum Gasteiger partial charge on any atom is 0.305 e. The molecular formula is C48H91NO5. The highest BCUT2D eigenvalue weighted by Crippen LogP contribution is 2.16. The summed E-state index contributed by atoms with van der Waals surface area (Å²) in [6, 6.07) is -0.547. The summed E-state index contributed by atoms with van der Waals surface area (Å²) >= 11 is 0. The van der Waals surface area contributed by atoms with E-state index in [1.54, 1.807) is 0 Å². The van der Waals surface area contributed by atoms with Crippen molar-refractivity contribution in [3.05, 3.63) is 24.3 Å². The molecule has 0 radical (unpaired) electrons. The molecule has 6 heteroatoms. The molecule has 0 spiro atoms. The number of ether oxygens (including phenoxy) is 1. The molecule has 0 aliphatic heterocycles. The van der Waals surface area contributed by atoms with Gasteiger partial charge in [0, 0.05) is 12.8 Å². The van der Waals surface area contributed by atoms with Crippen molar-refractivity contribution >= 4 is 11.9 Å². The summed E-state index contributed by atoms with van der Waals surface area (Å²) in [5, 5.41) is 23.1. The Balaban J connectivity index is 3.44. The molecule has 2 atom stereocenters. The van der Waals surface area contributed by atoms with E-state index >= 15 is 0 Å². The Bertz CT molecular complexity index is 843. The first kappa shape index (κ1) is 52.3. The Labute approximate surface area is 335 Å². The van der Waals surface area contributed by atoms with Crippen molar-refractivity contribution in [3.63, 3.8) is 0 Å². The van der Waals surface area contributed by atoms with Gasteiger partial charge in [-0.1, -0.05) is 205 Å². The monoisotopic (exact) mass is 762 g/mol. The molecule has 3 N–H and O–H groups in total. The van der Waals surface area contributed by atoms with Crippen molar-refractivity contribution in [3.8, 4) is 0 Å². The molecule has 0 bridgehead atoms. The molecule has 0 aliphatic rings. The predicted molar refractivity (Wildman–Crippen MR) is 232 cm³/mol. The quantitative estimate of drug-likeness (QED) is 0.0327. The molecule has 0 saturated heterocycles. The zero-order chi connectivity index (χ0) is 39.4. The second kappa shape index (κ2) is 44.1. The van der Waals surface area contributed by atoms with Crippen LogP contribution in [-0.2, 0) is 14.3 Å². The van der Waals surface area contributed by atoms with Gasteiger partial charge in [-0.15, -0.1) is 0 Å². The van der Waals surface area contributed by atoms with E-state index in [0.717, 1.165) is 57.8 Å². The fraction of sp³-hybridized carbons (Fsp3) is 0.875. The first-order valence-corrected chi connectivity index (χ1v) is 23.6. The second-order valence-electron chi connectivity index (χ2n) is 16.1. The number of hydrogen-bond acceptors (Lipinski definition) is 5. The number of rotatable bonds is 43. The molecule has 1 amide bonds. The number of aliphatic hydroxyl groups excluding tert-OH is 2. The molecule has 6 nitrogen and oxygen atoms in total. The van der Waals surface area contributed by atoms with Gasteiger partial charge in [-0.2, -0.15) is 0 Å². The molecule has 318 valence electrons. The van der Waals surface area contributed by atoms with Gasteiger partial charge >= 0.3 is 5.97 Å². The Morgan fingerprint density at radius 1 is 0.519 bits per heavy atom. The minimum atomic E-state index is -0.669. The Morgan fingerprint density at radius 2 is 0.963 bits per heavy atom. The molecule has 54 heavy (non-hydrogen) atoms. The SMILES string of the molecule is CCC/C=C\C/C=C\CCCCCCCC(=O)OCCCCCCCCCCCCCCCCC(=O)NC(CO)C(O)CCCCCCCCCCCC. The number of carbonyl (C=O) groups is 2. The van der Waals surface area contributed by atoms with Crippen LogP contribution in [0.4, 0.5) is 0 Å². The highest BCUT2D eigenvalue weighted by molar-refractivity contribution is 5.76. The van der Waals surface area contributed by atoms with Gasteiger partial charge in [-0.3, -0.25) is 9.59 Å². The maximum atomic E-state index is 12.4. The summed E-state index contributed by atoms with van der Waals surface area (Å²) in [5.74, 6) is -0.0669. The number of allylic oxidation sites excluding steroid dienone is 4. The third kappa shape index (κ3) is 40.0.